The lowest BCUT2D eigenvalue weighted by molar-refractivity contribution is 0.0351. The minimum absolute atomic E-state index is 0.493. The topological polar surface area (TPSA) is 53.4 Å². The van der Waals surface area contributed by atoms with Gasteiger partial charge in [-0.15, -0.1) is 11.3 Å². The van der Waals surface area contributed by atoms with Gasteiger partial charge in [-0.3, -0.25) is 4.79 Å². The van der Waals surface area contributed by atoms with Gasteiger partial charge in [0.05, 0.1) is 5.60 Å². The zero-order valence-electron chi connectivity index (χ0n) is 8.64. The molecule has 1 aromatic heterocycles. The number of aromatic nitrogens is 1. The van der Waals surface area contributed by atoms with Gasteiger partial charge < -0.3 is 10.0 Å². The van der Waals surface area contributed by atoms with E-state index in [2.05, 4.69) is 9.88 Å². The van der Waals surface area contributed by atoms with Crippen molar-refractivity contribution in [3.63, 3.8) is 0 Å². The molecule has 0 atom stereocenters. The van der Waals surface area contributed by atoms with Crippen LogP contribution in [-0.2, 0) is 0 Å². The molecule has 82 valence electrons. The standard InChI is InChI=1S/C10H14N2O2S/c1-10(14)2-4-12(5-3-10)9-11-8(6-13)7-15-9/h6-7,14H,2-5H2,1H3. The number of carbonyl (C=O) groups is 1. The second kappa shape index (κ2) is 3.90. The van der Waals surface area contributed by atoms with E-state index in [1.54, 1.807) is 5.38 Å². The Labute approximate surface area is 92.6 Å². The van der Waals surface area contributed by atoms with Crippen LogP contribution in [0.5, 0.6) is 0 Å². The van der Waals surface area contributed by atoms with E-state index < -0.39 is 5.60 Å². The highest BCUT2D eigenvalue weighted by atomic mass is 32.1. The molecule has 0 saturated carbocycles. The molecule has 1 saturated heterocycles. The van der Waals surface area contributed by atoms with E-state index in [4.69, 9.17) is 0 Å². The zero-order chi connectivity index (χ0) is 10.9. The second-order valence-corrected chi connectivity index (χ2v) is 4.99. The molecule has 4 nitrogen and oxygen atoms in total. The van der Waals surface area contributed by atoms with Gasteiger partial charge in [-0.1, -0.05) is 0 Å². The van der Waals surface area contributed by atoms with E-state index in [0.717, 1.165) is 37.3 Å². The molecule has 0 aromatic carbocycles. The summed E-state index contributed by atoms with van der Waals surface area (Å²) in [4.78, 5) is 16.8. The summed E-state index contributed by atoms with van der Waals surface area (Å²) in [6, 6.07) is 0. The fourth-order valence-corrected chi connectivity index (χ4v) is 2.48. The molecule has 0 spiro atoms. The van der Waals surface area contributed by atoms with Crippen LogP contribution in [0.1, 0.15) is 30.3 Å². The van der Waals surface area contributed by atoms with Crippen molar-refractivity contribution in [2.45, 2.75) is 25.4 Å². The molecule has 2 heterocycles. The number of carbonyl (C=O) groups excluding carboxylic acids is 1. The summed E-state index contributed by atoms with van der Waals surface area (Å²) in [6.45, 7) is 3.47. The molecule has 0 radical (unpaired) electrons. The number of nitrogens with zero attached hydrogens (tertiary/aromatic N) is 2. The van der Waals surface area contributed by atoms with Crippen LogP contribution in [0, 0.1) is 0 Å². The van der Waals surface area contributed by atoms with Crippen LogP contribution in [0.2, 0.25) is 0 Å². The lowest BCUT2D eigenvalue weighted by Crippen LogP contribution is -2.42. The monoisotopic (exact) mass is 226 g/mol. The predicted octanol–water partition coefficient (Wildman–Crippen LogP) is 1.31. The molecule has 0 aliphatic carbocycles. The van der Waals surface area contributed by atoms with Crippen molar-refractivity contribution in [3.05, 3.63) is 11.1 Å². The van der Waals surface area contributed by atoms with Crippen molar-refractivity contribution < 1.29 is 9.90 Å². The number of thiazole rings is 1. The Hall–Kier alpha value is -0.940. The van der Waals surface area contributed by atoms with Crippen LogP contribution in [-0.4, -0.2) is 35.1 Å². The maximum Gasteiger partial charge on any atom is 0.185 e. The van der Waals surface area contributed by atoms with E-state index in [9.17, 15) is 9.90 Å². The highest BCUT2D eigenvalue weighted by Gasteiger charge is 2.28. The number of rotatable bonds is 2. The van der Waals surface area contributed by atoms with Crippen LogP contribution >= 0.6 is 11.3 Å². The molecule has 1 fully saturated rings. The van der Waals surface area contributed by atoms with Gasteiger partial charge in [-0.25, -0.2) is 4.98 Å². The van der Waals surface area contributed by atoms with Crippen molar-refractivity contribution in [1.29, 1.82) is 0 Å². The van der Waals surface area contributed by atoms with Crippen molar-refractivity contribution in [3.8, 4) is 0 Å². The molecular weight excluding hydrogens is 212 g/mol. The molecule has 2 rings (SSSR count). The van der Waals surface area contributed by atoms with Gasteiger partial charge in [0.1, 0.15) is 5.69 Å². The SMILES string of the molecule is CC1(O)CCN(c2nc(C=O)cs2)CC1. The van der Waals surface area contributed by atoms with Gasteiger partial charge in [-0.2, -0.15) is 0 Å². The molecule has 1 aliphatic heterocycles. The molecule has 1 N–H and O–H groups in total. The smallest absolute Gasteiger partial charge is 0.185 e. The van der Waals surface area contributed by atoms with Crippen LogP contribution in [0.15, 0.2) is 5.38 Å². The van der Waals surface area contributed by atoms with Crippen LogP contribution in [0.4, 0.5) is 5.13 Å². The molecule has 5 heteroatoms. The quantitative estimate of drug-likeness (QED) is 0.772. The van der Waals surface area contributed by atoms with Gasteiger partial charge >= 0.3 is 0 Å². The summed E-state index contributed by atoms with van der Waals surface area (Å²) in [5.41, 5.74) is -0.0475. The van der Waals surface area contributed by atoms with Crippen LogP contribution < -0.4 is 4.90 Å². The molecule has 0 unspecified atom stereocenters. The van der Waals surface area contributed by atoms with Crippen molar-refractivity contribution in [1.82, 2.24) is 4.98 Å². The van der Waals surface area contributed by atoms with Crippen molar-refractivity contribution in [2.75, 3.05) is 18.0 Å². The fourth-order valence-electron chi connectivity index (χ4n) is 1.66. The number of hydrogen-bond acceptors (Lipinski definition) is 5. The van der Waals surface area contributed by atoms with Crippen LogP contribution in [0.3, 0.4) is 0 Å². The zero-order valence-corrected chi connectivity index (χ0v) is 9.46. The summed E-state index contributed by atoms with van der Waals surface area (Å²) in [5, 5.41) is 12.4. The summed E-state index contributed by atoms with van der Waals surface area (Å²) in [7, 11) is 0. The third-order valence-corrected chi connectivity index (χ3v) is 3.66. The average Bonchev–Trinajstić information content (AvgIpc) is 2.66. The van der Waals surface area contributed by atoms with Crippen molar-refractivity contribution >= 4 is 22.8 Å². The molecular formula is C10H14N2O2S. The highest BCUT2D eigenvalue weighted by molar-refractivity contribution is 7.13. The summed E-state index contributed by atoms with van der Waals surface area (Å²) < 4.78 is 0. The molecule has 1 aromatic rings. The lowest BCUT2D eigenvalue weighted by atomic mass is 9.94. The number of anilines is 1. The Morgan fingerprint density at radius 1 is 1.60 bits per heavy atom. The first-order chi connectivity index (χ1) is 7.11. The van der Waals surface area contributed by atoms with E-state index in [1.807, 2.05) is 6.92 Å². The Balaban J connectivity index is 2.04. The second-order valence-electron chi connectivity index (χ2n) is 4.16. The Bertz CT molecular complexity index is 352. The first-order valence-electron chi connectivity index (χ1n) is 4.99. The largest absolute Gasteiger partial charge is 0.390 e. The van der Waals surface area contributed by atoms with Gasteiger partial charge in [0, 0.05) is 18.5 Å². The third-order valence-electron chi connectivity index (χ3n) is 2.74. The minimum atomic E-state index is -0.540. The number of piperidine rings is 1. The van der Waals surface area contributed by atoms with E-state index >= 15 is 0 Å². The number of aliphatic hydroxyl groups is 1. The van der Waals surface area contributed by atoms with Crippen LogP contribution in [0.25, 0.3) is 0 Å². The molecule has 0 amide bonds. The predicted molar refractivity (Wildman–Crippen MR) is 59.6 cm³/mol. The number of hydrogen-bond donors (Lipinski definition) is 1. The Morgan fingerprint density at radius 3 is 2.80 bits per heavy atom. The van der Waals surface area contributed by atoms with Gasteiger partial charge in [0.2, 0.25) is 0 Å². The Morgan fingerprint density at radius 2 is 2.27 bits per heavy atom. The van der Waals surface area contributed by atoms with Gasteiger partial charge in [-0.05, 0) is 19.8 Å². The summed E-state index contributed by atoms with van der Waals surface area (Å²) in [5.74, 6) is 0. The maximum absolute atomic E-state index is 10.5. The van der Waals surface area contributed by atoms with Gasteiger partial charge in [0.25, 0.3) is 0 Å². The van der Waals surface area contributed by atoms with Gasteiger partial charge in [0.15, 0.2) is 11.4 Å². The molecule has 0 bridgehead atoms. The van der Waals surface area contributed by atoms with E-state index in [0.29, 0.717) is 5.69 Å². The van der Waals surface area contributed by atoms with E-state index in [1.165, 1.54) is 11.3 Å². The number of aldehydes is 1. The molecule has 1 aliphatic rings. The normalized spacial score (nSPS) is 20.3. The van der Waals surface area contributed by atoms with Crippen molar-refractivity contribution in [2.24, 2.45) is 0 Å². The Kier molecular flexibility index (Phi) is 2.75. The molecule has 15 heavy (non-hydrogen) atoms. The first-order valence-corrected chi connectivity index (χ1v) is 5.87. The maximum atomic E-state index is 10.5. The lowest BCUT2D eigenvalue weighted by Gasteiger charge is -2.35. The first kappa shape index (κ1) is 10.6. The summed E-state index contributed by atoms with van der Waals surface area (Å²) in [6.07, 6.45) is 2.27. The summed E-state index contributed by atoms with van der Waals surface area (Å²) >= 11 is 1.48. The average molecular weight is 226 g/mol. The fraction of sp³-hybridized carbons (Fsp3) is 0.600. The minimum Gasteiger partial charge on any atom is -0.390 e. The third kappa shape index (κ3) is 2.35. The highest BCUT2D eigenvalue weighted by Crippen LogP contribution is 2.27. The van der Waals surface area contributed by atoms with E-state index in [-0.39, 0.29) is 0 Å².